The van der Waals surface area contributed by atoms with Crippen molar-refractivity contribution in [3.8, 4) is 0 Å². The SMILES string of the molecule is O=C(C=Cc1ccco1)N1CCC(=C2CC2)CC1. The van der Waals surface area contributed by atoms with Crippen LogP contribution in [0.5, 0.6) is 0 Å². The molecule has 1 aliphatic heterocycles. The first-order valence-electron chi connectivity index (χ1n) is 6.53. The molecule has 1 saturated heterocycles. The van der Waals surface area contributed by atoms with E-state index in [1.165, 1.54) is 12.8 Å². The van der Waals surface area contributed by atoms with Crippen LogP contribution in [0.15, 0.2) is 40.0 Å². The maximum absolute atomic E-state index is 12.0. The number of nitrogens with zero attached hydrogens (tertiary/aromatic N) is 1. The molecule has 0 atom stereocenters. The monoisotopic (exact) mass is 243 g/mol. The molecule has 1 aliphatic carbocycles. The van der Waals surface area contributed by atoms with E-state index >= 15 is 0 Å². The molecule has 3 nitrogen and oxygen atoms in total. The summed E-state index contributed by atoms with van der Waals surface area (Å²) >= 11 is 0. The zero-order chi connectivity index (χ0) is 12.4. The molecule has 2 fully saturated rings. The van der Waals surface area contributed by atoms with Crippen LogP contribution < -0.4 is 0 Å². The zero-order valence-electron chi connectivity index (χ0n) is 10.4. The third-order valence-corrected chi connectivity index (χ3v) is 3.61. The number of furan rings is 1. The van der Waals surface area contributed by atoms with E-state index in [-0.39, 0.29) is 5.91 Å². The van der Waals surface area contributed by atoms with Gasteiger partial charge in [-0.3, -0.25) is 4.79 Å². The Hall–Kier alpha value is -1.77. The van der Waals surface area contributed by atoms with Crippen molar-refractivity contribution in [2.45, 2.75) is 25.7 Å². The molecular formula is C15H17NO2. The summed E-state index contributed by atoms with van der Waals surface area (Å²) in [4.78, 5) is 13.9. The summed E-state index contributed by atoms with van der Waals surface area (Å²) in [6.07, 6.45) is 9.67. The highest BCUT2D eigenvalue weighted by molar-refractivity contribution is 5.91. The molecule has 0 bridgehead atoms. The molecule has 18 heavy (non-hydrogen) atoms. The van der Waals surface area contributed by atoms with Crippen molar-refractivity contribution in [1.82, 2.24) is 4.90 Å². The molecule has 1 saturated carbocycles. The minimum absolute atomic E-state index is 0.0891. The second-order valence-corrected chi connectivity index (χ2v) is 4.88. The maximum atomic E-state index is 12.0. The normalized spacial score (nSPS) is 19.7. The van der Waals surface area contributed by atoms with E-state index in [1.807, 2.05) is 17.0 Å². The summed E-state index contributed by atoms with van der Waals surface area (Å²) in [6, 6.07) is 3.66. The van der Waals surface area contributed by atoms with Crippen LogP contribution in [-0.2, 0) is 4.79 Å². The highest BCUT2D eigenvalue weighted by Gasteiger charge is 2.23. The standard InChI is InChI=1S/C15H17NO2/c17-15(6-5-14-2-1-11-18-14)16-9-7-13(8-10-16)12-3-4-12/h1-2,5-6,11H,3-4,7-10H2. The largest absolute Gasteiger partial charge is 0.465 e. The van der Waals surface area contributed by atoms with Gasteiger partial charge in [0, 0.05) is 19.2 Å². The third-order valence-electron chi connectivity index (χ3n) is 3.61. The fraction of sp³-hybridized carbons (Fsp3) is 0.400. The van der Waals surface area contributed by atoms with E-state index in [9.17, 15) is 4.79 Å². The van der Waals surface area contributed by atoms with Gasteiger partial charge in [-0.15, -0.1) is 0 Å². The van der Waals surface area contributed by atoms with Gasteiger partial charge in [-0.25, -0.2) is 0 Å². The Labute approximate surface area is 107 Å². The smallest absolute Gasteiger partial charge is 0.246 e. The van der Waals surface area contributed by atoms with Crippen molar-refractivity contribution in [2.75, 3.05) is 13.1 Å². The predicted molar refractivity (Wildman–Crippen MR) is 69.8 cm³/mol. The lowest BCUT2D eigenvalue weighted by atomic mass is 10.0. The third kappa shape index (κ3) is 2.55. The van der Waals surface area contributed by atoms with E-state index in [2.05, 4.69) is 0 Å². The van der Waals surface area contributed by atoms with Crippen LogP contribution in [0.3, 0.4) is 0 Å². The molecule has 0 radical (unpaired) electrons. The molecule has 94 valence electrons. The van der Waals surface area contributed by atoms with Crippen LogP contribution in [0.25, 0.3) is 6.08 Å². The number of piperidine rings is 1. The van der Waals surface area contributed by atoms with Gasteiger partial charge in [-0.1, -0.05) is 11.1 Å². The second kappa shape index (κ2) is 4.84. The van der Waals surface area contributed by atoms with Gasteiger partial charge in [-0.2, -0.15) is 0 Å². The summed E-state index contributed by atoms with van der Waals surface area (Å²) in [6.45, 7) is 1.72. The average Bonchev–Trinajstić information content (AvgIpc) is 3.13. The molecule has 1 amide bonds. The number of amides is 1. The molecule has 1 aromatic rings. The number of hydrogen-bond donors (Lipinski definition) is 0. The lowest BCUT2D eigenvalue weighted by Crippen LogP contribution is -2.35. The van der Waals surface area contributed by atoms with Crippen LogP contribution in [0, 0.1) is 0 Å². The molecule has 3 heteroatoms. The topological polar surface area (TPSA) is 33.5 Å². The van der Waals surface area contributed by atoms with Crippen molar-refractivity contribution >= 4 is 12.0 Å². The zero-order valence-corrected chi connectivity index (χ0v) is 10.4. The summed E-state index contributed by atoms with van der Waals surface area (Å²) in [5.41, 5.74) is 3.25. The van der Waals surface area contributed by atoms with E-state index in [1.54, 1.807) is 29.6 Å². The number of carbonyl (C=O) groups excluding carboxylic acids is 1. The van der Waals surface area contributed by atoms with E-state index in [0.29, 0.717) is 0 Å². The van der Waals surface area contributed by atoms with Gasteiger partial charge in [0.25, 0.3) is 0 Å². The van der Waals surface area contributed by atoms with Crippen molar-refractivity contribution < 1.29 is 9.21 Å². The quantitative estimate of drug-likeness (QED) is 0.591. The van der Waals surface area contributed by atoms with Gasteiger partial charge in [0.2, 0.25) is 5.91 Å². The summed E-state index contributed by atoms with van der Waals surface area (Å²) in [5, 5.41) is 0. The van der Waals surface area contributed by atoms with E-state index in [0.717, 1.165) is 31.7 Å². The van der Waals surface area contributed by atoms with Crippen LogP contribution in [0.1, 0.15) is 31.4 Å². The highest BCUT2D eigenvalue weighted by atomic mass is 16.3. The number of likely N-dealkylation sites (tertiary alicyclic amines) is 1. The van der Waals surface area contributed by atoms with E-state index < -0.39 is 0 Å². The lowest BCUT2D eigenvalue weighted by Gasteiger charge is -2.27. The number of carbonyl (C=O) groups is 1. The van der Waals surface area contributed by atoms with Gasteiger partial charge in [0.05, 0.1) is 6.26 Å². The van der Waals surface area contributed by atoms with Crippen molar-refractivity contribution in [1.29, 1.82) is 0 Å². The Morgan fingerprint density at radius 3 is 2.50 bits per heavy atom. The van der Waals surface area contributed by atoms with Gasteiger partial charge in [-0.05, 0) is 43.9 Å². The highest BCUT2D eigenvalue weighted by Crippen LogP contribution is 2.35. The predicted octanol–water partition coefficient (Wildman–Crippen LogP) is 3.01. The first-order chi connectivity index (χ1) is 8.83. The maximum Gasteiger partial charge on any atom is 0.246 e. The summed E-state index contributed by atoms with van der Waals surface area (Å²) in [5.74, 6) is 0.812. The Morgan fingerprint density at radius 1 is 1.17 bits per heavy atom. The Balaban J connectivity index is 1.56. The summed E-state index contributed by atoms with van der Waals surface area (Å²) < 4.78 is 5.16. The molecule has 0 N–H and O–H groups in total. The van der Waals surface area contributed by atoms with Gasteiger partial charge >= 0.3 is 0 Å². The Kier molecular flexibility index (Phi) is 3.05. The fourth-order valence-corrected chi connectivity index (χ4v) is 2.41. The molecule has 0 unspecified atom stereocenters. The molecule has 1 aromatic heterocycles. The van der Waals surface area contributed by atoms with Crippen LogP contribution in [0.2, 0.25) is 0 Å². The molecular weight excluding hydrogens is 226 g/mol. The van der Waals surface area contributed by atoms with Crippen LogP contribution in [0.4, 0.5) is 0 Å². The summed E-state index contributed by atoms with van der Waals surface area (Å²) in [7, 11) is 0. The van der Waals surface area contributed by atoms with Crippen LogP contribution in [-0.4, -0.2) is 23.9 Å². The molecule has 0 aromatic carbocycles. The fourth-order valence-electron chi connectivity index (χ4n) is 2.41. The molecule has 0 spiro atoms. The van der Waals surface area contributed by atoms with Crippen LogP contribution >= 0.6 is 0 Å². The first-order valence-corrected chi connectivity index (χ1v) is 6.53. The average molecular weight is 243 g/mol. The van der Waals surface area contributed by atoms with Gasteiger partial charge in [0.15, 0.2) is 0 Å². The molecule has 2 aliphatic rings. The van der Waals surface area contributed by atoms with Crippen molar-refractivity contribution in [2.24, 2.45) is 0 Å². The Bertz CT molecular complexity index is 481. The molecule has 3 rings (SSSR count). The first kappa shape index (κ1) is 11.3. The minimum Gasteiger partial charge on any atom is -0.465 e. The molecule has 2 heterocycles. The number of allylic oxidation sites excluding steroid dienone is 1. The number of rotatable bonds is 2. The van der Waals surface area contributed by atoms with Gasteiger partial charge < -0.3 is 9.32 Å². The van der Waals surface area contributed by atoms with Crippen molar-refractivity contribution in [3.63, 3.8) is 0 Å². The van der Waals surface area contributed by atoms with Crippen molar-refractivity contribution in [3.05, 3.63) is 41.4 Å². The second-order valence-electron chi connectivity index (χ2n) is 4.88. The lowest BCUT2D eigenvalue weighted by molar-refractivity contribution is -0.126. The minimum atomic E-state index is 0.0891. The Morgan fingerprint density at radius 2 is 1.89 bits per heavy atom. The van der Waals surface area contributed by atoms with E-state index in [4.69, 9.17) is 4.42 Å². The van der Waals surface area contributed by atoms with Gasteiger partial charge in [0.1, 0.15) is 5.76 Å². The number of hydrogen-bond acceptors (Lipinski definition) is 2.